The molecule has 19 heavy (non-hydrogen) atoms. The summed E-state index contributed by atoms with van der Waals surface area (Å²) in [4.78, 5) is 14.2. The van der Waals surface area contributed by atoms with Crippen LogP contribution in [-0.2, 0) is 0 Å². The van der Waals surface area contributed by atoms with Gasteiger partial charge < -0.3 is 15.8 Å². The molecule has 0 bridgehead atoms. The molecule has 1 heterocycles. The Balaban J connectivity index is 2.18. The number of oxime groups is 1. The van der Waals surface area contributed by atoms with Crippen LogP contribution in [0.25, 0.3) is 0 Å². The van der Waals surface area contributed by atoms with Crippen LogP contribution in [0.4, 0.5) is 0 Å². The molecule has 0 aliphatic carbocycles. The number of hydrogen-bond donors (Lipinski definition) is 2. The van der Waals surface area contributed by atoms with Gasteiger partial charge in [0.2, 0.25) is 0 Å². The van der Waals surface area contributed by atoms with Crippen LogP contribution in [0.1, 0.15) is 22.3 Å². The van der Waals surface area contributed by atoms with Crippen molar-refractivity contribution in [3.8, 4) is 0 Å². The quantitative estimate of drug-likeness (QED) is 0.379. The van der Waals surface area contributed by atoms with E-state index in [0.29, 0.717) is 17.2 Å². The van der Waals surface area contributed by atoms with Crippen LogP contribution in [0.3, 0.4) is 0 Å². The van der Waals surface area contributed by atoms with Crippen LogP contribution in [0, 0.1) is 0 Å². The highest BCUT2D eigenvalue weighted by molar-refractivity contribution is 7.99. The molecule has 0 aromatic heterocycles. The first-order chi connectivity index (χ1) is 9.13. The average Bonchev–Trinajstić information content (AvgIpc) is 2.99. The zero-order valence-electron chi connectivity index (χ0n) is 10.7. The molecule has 6 heteroatoms. The number of nitrogens with zero attached hydrogens (tertiary/aromatic N) is 2. The van der Waals surface area contributed by atoms with E-state index in [9.17, 15) is 4.79 Å². The first-order valence-electron chi connectivity index (χ1n) is 6.06. The predicted molar refractivity (Wildman–Crippen MR) is 76.8 cm³/mol. The third kappa shape index (κ3) is 3.01. The molecule has 0 spiro atoms. The number of benzene rings is 1. The summed E-state index contributed by atoms with van der Waals surface area (Å²) in [6.07, 6.45) is 1.03. The van der Waals surface area contributed by atoms with Crippen molar-refractivity contribution in [1.82, 2.24) is 4.90 Å². The summed E-state index contributed by atoms with van der Waals surface area (Å²) in [6.45, 7) is 0. The smallest absolute Gasteiger partial charge is 0.253 e. The highest BCUT2D eigenvalue weighted by Crippen LogP contribution is 2.22. The van der Waals surface area contributed by atoms with Gasteiger partial charge in [-0.3, -0.25) is 4.79 Å². The molecule has 1 atom stereocenters. The topological polar surface area (TPSA) is 78.9 Å². The van der Waals surface area contributed by atoms with Gasteiger partial charge in [0.15, 0.2) is 5.84 Å². The Morgan fingerprint density at radius 1 is 1.53 bits per heavy atom. The van der Waals surface area contributed by atoms with Crippen molar-refractivity contribution in [2.24, 2.45) is 10.9 Å². The van der Waals surface area contributed by atoms with Crippen molar-refractivity contribution in [2.75, 3.05) is 18.6 Å². The fourth-order valence-corrected chi connectivity index (χ4v) is 3.33. The summed E-state index contributed by atoms with van der Waals surface area (Å²) in [6, 6.07) is 7.13. The van der Waals surface area contributed by atoms with E-state index < -0.39 is 0 Å². The second-order valence-electron chi connectivity index (χ2n) is 4.50. The largest absolute Gasteiger partial charge is 0.409 e. The van der Waals surface area contributed by atoms with E-state index in [2.05, 4.69) is 5.16 Å². The molecule has 1 aliphatic heterocycles. The lowest BCUT2D eigenvalue weighted by molar-refractivity contribution is 0.0748. The maximum absolute atomic E-state index is 12.4. The van der Waals surface area contributed by atoms with Gasteiger partial charge in [0.1, 0.15) is 0 Å². The first-order valence-corrected chi connectivity index (χ1v) is 7.22. The summed E-state index contributed by atoms with van der Waals surface area (Å²) >= 11 is 1.87. The van der Waals surface area contributed by atoms with Gasteiger partial charge in [0, 0.05) is 30.0 Å². The minimum atomic E-state index is -0.0277. The number of carbonyl (C=O) groups is 1. The number of carbonyl (C=O) groups excluding carboxylic acids is 1. The molecular weight excluding hydrogens is 262 g/mol. The predicted octanol–water partition coefficient (Wildman–Crippen LogP) is 1.36. The van der Waals surface area contributed by atoms with E-state index in [1.807, 2.05) is 18.8 Å². The van der Waals surface area contributed by atoms with E-state index >= 15 is 0 Å². The lowest BCUT2D eigenvalue weighted by atomic mass is 10.1. The van der Waals surface area contributed by atoms with Gasteiger partial charge in [-0.05, 0) is 24.3 Å². The minimum absolute atomic E-state index is 0.00808. The van der Waals surface area contributed by atoms with Gasteiger partial charge >= 0.3 is 0 Å². The number of thioether (sulfide) groups is 1. The number of amidine groups is 1. The molecule has 1 amide bonds. The summed E-state index contributed by atoms with van der Waals surface area (Å²) < 4.78 is 0. The maximum atomic E-state index is 12.4. The fraction of sp³-hybridized carbons (Fsp3) is 0.385. The van der Waals surface area contributed by atoms with Gasteiger partial charge in [-0.25, -0.2) is 0 Å². The van der Waals surface area contributed by atoms with E-state index in [1.54, 1.807) is 29.2 Å². The molecule has 1 unspecified atom stereocenters. The summed E-state index contributed by atoms with van der Waals surface area (Å²) in [5.41, 5.74) is 6.64. The van der Waals surface area contributed by atoms with Gasteiger partial charge in [-0.1, -0.05) is 17.3 Å². The Morgan fingerprint density at radius 2 is 2.26 bits per heavy atom. The summed E-state index contributed by atoms with van der Waals surface area (Å²) in [5, 5.41) is 11.6. The first kappa shape index (κ1) is 13.7. The highest BCUT2D eigenvalue weighted by atomic mass is 32.2. The summed E-state index contributed by atoms with van der Waals surface area (Å²) in [7, 11) is 1.83. The Hall–Kier alpha value is -1.69. The van der Waals surface area contributed by atoms with Crippen LogP contribution < -0.4 is 5.73 Å². The van der Waals surface area contributed by atoms with Crippen molar-refractivity contribution in [2.45, 2.75) is 12.5 Å². The van der Waals surface area contributed by atoms with Crippen molar-refractivity contribution in [1.29, 1.82) is 0 Å². The average molecular weight is 279 g/mol. The zero-order valence-corrected chi connectivity index (χ0v) is 11.6. The number of nitrogens with two attached hydrogens (primary N) is 1. The molecule has 1 aromatic rings. The second-order valence-corrected chi connectivity index (χ2v) is 5.65. The lowest BCUT2D eigenvalue weighted by Gasteiger charge is -2.24. The van der Waals surface area contributed by atoms with Crippen molar-refractivity contribution in [3.63, 3.8) is 0 Å². The molecule has 102 valence electrons. The van der Waals surface area contributed by atoms with Crippen LogP contribution in [0.2, 0.25) is 0 Å². The third-order valence-corrected chi connectivity index (χ3v) is 4.43. The number of rotatable bonds is 3. The molecule has 1 aliphatic rings. The zero-order chi connectivity index (χ0) is 13.8. The van der Waals surface area contributed by atoms with E-state index in [1.165, 1.54) is 0 Å². The van der Waals surface area contributed by atoms with Crippen LogP contribution in [-0.4, -0.2) is 46.4 Å². The van der Waals surface area contributed by atoms with Crippen molar-refractivity contribution in [3.05, 3.63) is 35.4 Å². The molecular formula is C13H17N3O2S. The highest BCUT2D eigenvalue weighted by Gasteiger charge is 2.24. The maximum Gasteiger partial charge on any atom is 0.253 e. The Labute approximate surface area is 116 Å². The number of hydrogen-bond acceptors (Lipinski definition) is 4. The van der Waals surface area contributed by atoms with E-state index in [4.69, 9.17) is 10.9 Å². The molecule has 2 rings (SSSR count). The van der Waals surface area contributed by atoms with Gasteiger partial charge in [0.25, 0.3) is 5.91 Å². The SMILES string of the molecule is CN(C(=O)c1cccc(/C(N)=N/O)c1)C1CCSC1. The minimum Gasteiger partial charge on any atom is -0.409 e. The monoisotopic (exact) mass is 279 g/mol. The van der Waals surface area contributed by atoms with Gasteiger partial charge in [-0.15, -0.1) is 0 Å². The molecule has 0 radical (unpaired) electrons. The Kier molecular flexibility index (Phi) is 4.31. The molecule has 0 saturated carbocycles. The molecule has 1 aromatic carbocycles. The lowest BCUT2D eigenvalue weighted by Crippen LogP contribution is -2.37. The summed E-state index contributed by atoms with van der Waals surface area (Å²) in [5.74, 6) is 2.07. The van der Waals surface area contributed by atoms with E-state index in [-0.39, 0.29) is 11.7 Å². The molecule has 1 saturated heterocycles. The Bertz CT molecular complexity index is 498. The second kappa shape index (κ2) is 5.97. The van der Waals surface area contributed by atoms with Gasteiger partial charge in [-0.2, -0.15) is 11.8 Å². The normalized spacial score (nSPS) is 19.4. The standard InChI is InChI=1S/C13H17N3O2S/c1-16(11-5-6-19-8-11)13(17)10-4-2-3-9(7-10)12(14)15-18/h2-4,7,11,18H,5-6,8H2,1H3,(H2,14,15). The van der Waals surface area contributed by atoms with Crippen molar-refractivity contribution >= 4 is 23.5 Å². The Morgan fingerprint density at radius 3 is 2.89 bits per heavy atom. The molecule has 5 nitrogen and oxygen atoms in total. The van der Waals surface area contributed by atoms with E-state index in [0.717, 1.165) is 17.9 Å². The fourth-order valence-electron chi connectivity index (χ4n) is 2.07. The van der Waals surface area contributed by atoms with Crippen LogP contribution >= 0.6 is 11.8 Å². The van der Waals surface area contributed by atoms with Gasteiger partial charge in [0.05, 0.1) is 0 Å². The molecule has 1 fully saturated rings. The molecule has 3 N–H and O–H groups in total. The third-order valence-electron chi connectivity index (χ3n) is 3.29. The number of amides is 1. The van der Waals surface area contributed by atoms with Crippen LogP contribution in [0.5, 0.6) is 0 Å². The van der Waals surface area contributed by atoms with Crippen LogP contribution in [0.15, 0.2) is 29.4 Å². The van der Waals surface area contributed by atoms with Crippen molar-refractivity contribution < 1.29 is 10.0 Å².